The lowest BCUT2D eigenvalue weighted by atomic mass is 10.0. The topological polar surface area (TPSA) is 66.9 Å². The van der Waals surface area contributed by atoms with Crippen LogP contribution in [-0.2, 0) is 0 Å². The van der Waals surface area contributed by atoms with Crippen molar-refractivity contribution >= 4 is 17.3 Å². The number of nitro groups is 1. The van der Waals surface area contributed by atoms with Crippen molar-refractivity contribution in [1.82, 2.24) is 0 Å². The van der Waals surface area contributed by atoms with E-state index in [9.17, 15) is 14.5 Å². The first-order chi connectivity index (χ1) is 9.61. The molecular formula is C15H9FN2O2. The zero-order valence-corrected chi connectivity index (χ0v) is 10.3. The van der Waals surface area contributed by atoms with E-state index in [0.717, 1.165) is 0 Å². The highest BCUT2D eigenvalue weighted by Gasteiger charge is 2.07. The van der Waals surface area contributed by atoms with Crippen molar-refractivity contribution in [2.45, 2.75) is 0 Å². The average Bonchev–Trinajstić information content (AvgIpc) is 2.46. The van der Waals surface area contributed by atoms with Crippen LogP contribution in [0, 0.1) is 27.3 Å². The Labute approximate surface area is 114 Å². The van der Waals surface area contributed by atoms with Crippen molar-refractivity contribution in [3.63, 3.8) is 0 Å². The minimum Gasteiger partial charge on any atom is -0.258 e. The summed E-state index contributed by atoms with van der Waals surface area (Å²) in [4.78, 5) is 10.0. The molecule has 2 aromatic carbocycles. The van der Waals surface area contributed by atoms with Gasteiger partial charge in [0.25, 0.3) is 5.69 Å². The van der Waals surface area contributed by atoms with Crippen molar-refractivity contribution in [3.8, 4) is 6.07 Å². The number of halogens is 1. The predicted octanol–water partition coefficient (Wildman–Crippen LogP) is 3.80. The zero-order chi connectivity index (χ0) is 14.5. The maximum absolute atomic E-state index is 13.5. The monoisotopic (exact) mass is 268 g/mol. The van der Waals surface area contributed by atoms with E-state index in [0.29, 0.717) is 11.1 Å². The van der Waals surface area contributed by atoms with Gasteiger partial charge in [0.2, 0.25) is 0 Å². The van der Waals surface area contributed by atoms with Crippen LogP contribution in [0.1, 0.15) is 11.1 Å². The van der Waals surface area contributed by atoms with E-state index >= 15 is 0 Å². The summed E-state index contributed by atoms with van der Waals surface area (Å²) in [7, 11) is 0. The maximum Gasteiger partial charge on any atom is 0.269 e. The van der Waals surface area contributed by atoms with Crippen LogP contribution in [0.25, 0.3) is 11.6 Å². The molecule has 0 fully saturated rings. The van der Waals surface area contributed by atoms with E-state index in [1.165, 1.54) is 36.4 Å². The summed E-state index contributed by atoms with van der Waals surface area (Å²) in [5.41, 5.74) is 0.977. The SMILES string of the molecule is N#CC(=Cc1ccccc1F)c1ccc([N+](=O)[O-])cc1. The van der Waals surface area contributed by atoms with Crippen LogP contribution in [0.5, 0.6) is 0 Å². The molecule has 0 aliphatic carbocycles. The molecule has 5 heteroatoms. The van der Waals surface area contributed by atoms with E-state index in [4.69, 9.17) is 5.26 Å². The summed E-state index contributed by atoms with van der Waals surface area (Å²) < 4.78 is 13.5. The molecule has 0 spiro atoms. The standard InChI is InChI=1S/C15H9FN2O2/c16-15-4-2-1-3-12(15)9-13(10-17)11-5-7-14(8-6-11)18(19)20/h1-9H. The molecule has 0 atom stereocenters. The van der Waals surface area contributed by atoms with Gasteiger partial charge in [0.05, 0.1) is 16.6 Å². The second kappa shape index (κ2) is 5.76. The van der Waals surface area contributed by atoms with Gasteiger partial charge in [-0.3, -0.25) is 10.1 Å². The van der Waals surface area contributed by atoms with Gasteiger partial charge in [-0.1, -0.05) is 18.2 Å². The van der Waals surface area contributed by atoms with Gasteiger partial charge >= 0.3 is 0 Å². The summed E-state index contributed by atoms with van der Waals surface area (Å²) >= 11 is 0. The van der Waals surface area contributed by atoms with Crippen molar-refractivity contribution in [1.29, 1.82) is 5.26 Å². The molecular weight excluding hydrogens is 259 g/mol. The van der Waals surface area contributed by atoms with Gasteiger partial charge in [-0.15, -0.1) is 0 Å². The van der Waals surface area contributed by atoms with E-state index in [1.807, 2.05) is 6.07 Å². The molecule has 2 aromatic rings. The molecule has 0 N–H and O–H groups in total. The van der Waals surface area contributed by atoms with Gasteiger partial charge in [-0.05, 0) is 29.8 Å². The average molecular weight is 268 g/mol. The Morgan fingerprint density at radius 1 is 1.20 bits per heavy atom. The predicted molar refractivity (Wildman–Crippen MR) is 73.0 cm³/mol. The first-order valence-corrected chi connectivity index (χ1v) is 5.73. The Kier molecular flexibility index (Phi) is 3.87. The first kappa shape index (κ1) is 13.4. The number of non-ortho nitro benzene ring substituents is 1. The maximum atomic E-state index is 13.5. The lowest BCUT2D eigenvalue weighted by Gasteiger charge is -2.00. The number of nitro benzene ring substituents is 1. The van der Waals surface area contributed by atoms with E-state index in [1.54, 1.807) is 18.2 Å². The molecule has 2 rings (SSSR count). The Balaban J connectivity index is 2.41. The molecule has 98 valence electrons. The number of hydrogen-bond donors (Lipinski definition) is 0. The van der Waals surface area contributed by atoms with Gasteiger partial charge in [-0.25, -0.2) is 4.39 Å². The largest absolute Gasteiger partial charge is 0.269 e. The third-order valence-electron chi connectivity index (χ3n) is 2.71. The minimum atomic E-state index is -0.517. The molecule has 0 bridgehead atoms. The summed E-state index contributed by atoms with van der Waals surface area (Å²) in [6, 6.07) is 13.6. The summed E-state index contributed by atoms with van der Waals surface area (Å²) in [5, 5.41) is 19.7. The van der Waals surface area contributed by atoms with Crippen LogP contribution in [0.4, 0.5) is 10.1 Å². The fraction of sp³-hybridized carbons (Fsp3) is 0. The second-order valence-electron chi connectivity index (χ2n) is 4.00. The Morgan fingerprint density at radius 2 is 1.85 bits per heavy atom. The summed E-state index contributed by atoms with van der Waals surface area (Å²) in [6.45, 7) is 0. The number of allylic oxidation sites excluding steroid dienone is 1. The molecule has 0 unspecified atom stereocenters. The summed E-state index contributed by atoms with van der Waals surface area (Å²) in [5.74, 6) is -0.429. The fourth-order valence-electron chi connectivity index (χ4n) is 1.69. The van der Waals surface area contributed by atoms with E-state index < -0.39 is 10.7 Å². The van der Waals surface area contributed by atoms with Gasteiger partial charge in [-0.2, -0.15) is 5.26 Å². The van der Waals surface area contributed by atoms with E-state index in [2.05, 4.69) is 0 Å². The van der Waals surface area contributed by atoms with E-state index in [-0.39, 0.29) is 11.3 Å². The fourth-order valence-corrected chi connectivity index (χ4v) is 1.69. The molecule has 0 aromatic heterocycles. The molecule has 0 aliphatic heterocycles. The molecule has 0 amide bonds. The molecule has 0 heterocycles. The highest BCUT2D eigenvalue weighted by Crippen LogP contribution is 2.21. The first-order valence-electron chi connectivity index (χ1n) is 5.73. The quantitative estimate of drug-likeness (QED) is 0.368. The Morgan fingerprint density at radius 3 is 2.40 bits per heavy atom. The van der Waals surface area contributed by atoms with Crippen LogP contribution in [0.2, 0.25) is 0 Å². The Hall–Kier alpha value is -3.00. The third kappa shape index (κ3) is 2.87. The van der Waals surface area contributed by atoms with Crippen molar-refractivity contribution in [3.05, 3.63) is 75.6 Å². The van der Waals surface area contributed by atoms with Gasteiger partial charge < -0.3 is 0 Å². The van der Waals surface area contributed by atoms with Crippen molar-refractivity contribution < 1.29 is 9.31 Å². The smallest absolute Gasteiger partial charge is 0.258 e. The molecule has 0 saturated heterocycles. The number of hydrogen-bond acceptors (Lipinski definition) is 3. The normalized spacial score (nSPS) is 10.9. The third-order valence-corrected chi connectivity index (χ3v) is 2.71. The molecule has 0 aliphatic rings. The number of nitriles is 1. The number of nitrogens with zero attached hydrogens (tertiary/aromatic N) is 2. The summed E-state index contributed by atoms with van der Waals surface area (Å²) in [6.07, 6.45) is 1.41. The van der Waals surface area contributed by atoms with Crippen LogP contribution in [0.15, 0.2) is 48.5 Å². The molecule has 0 saturated carbocycles. The Bertz CT molecular complexity index is 715. The van der Waals surface area contributed by atoms with Crippen LogP contribution in [0.3, 0.4) is 0 Å². The minimum absolute atomic E-state index is 0.0584. The van der Waals surface area contributed by atoms with Crippen molar-refractivity contribution in [2.24, 2.45) is 0 Å². The second-order valence-corrected chi connectivity index (χ2v) is 4.00. The number of benzene rings is 2. The van der Waals surface area contributed by atoms with Gasteiger partial charge in [0.1, 0.15) is 5.82 Å². The van der Waals surface area contributed by atoms with Gasteiger partial charge in [0, 0.05) is 17.7 Å². The highest BCUT2D eigenvalue weighted by atomic mass is 19.1. The van der Waals surface area contributed by atoms with Crippen LogP contribution < -0.4 is 0 Å². The highest BCUT2D eigenvalue weighted by molar-refractivity contribution is 5.89. The zero-order valence-electron chi connectivity index (χ0n) is 10.3. The van der Waals surface area contributed by atoms with Crippen LogP contribution in [-0.4, -0.2) is 4.92 Å². The van der Waals surface area contributed by atoms with Gasteiger partial charge in [0.15, 0.2) is 0 Å². The molecule has 4 nitrogen and oxygen atoms in total. The number of rotatable bonds is 3. The lowest BCUT2D eigenvalue weighted by molar-refractivity contribution is -0.384. The van der Waals surface area contributed by atoms with Crippen molar-refractivity contribution in [2.75, 3.05) is 0 Å². The molecule has 20 heavy (non-hydrogen) atoms. The lowest BCUT2D eigenvalue weighted by Crippen LogP contribution is -1.89. The van der Waals surface area contributed by atoms with Crippen LogP contribution >= 0.6 is 0 Å². The molecule has 0 radical (unpaired) electrons.